The molecule has 0 radical (unpaired) electrons. The van der Waals surface area contributed by atoms with E-state index in [9.17, 15) is 0 Å². The van der Waals surface area contributed by atoms with Gasteiger partial charge in [0.25, 0.3) is 0 Å². The van der Waals surface area contributed by atoms with Gasteiger partial charge in [-0.3, -0.25) is 0 Å². The Bertz CT molecular complexity index is 1020. The molecule has 0 aromatic heterocycles. The van der Waals surface area contributed by atoms with Crippen LogP contribution in [0.3, 0.4) is 0 Å². The summed E-state index contributed by atoms with van der Waals surface area (Å²) in [6, 6.07) is 21.3. The summed E-state index contributed by atoms with van der Waals surface area (Å²) in [4.78, 5) is 7.18. The Morgan fingerprint density at radius 3 is 2.33 bits per heavy atom. The number of nitrogens with one attached hydrogen (secondary N) is 1. The summed E-state index contributed by atoms with van der Waals surface area (Å²) in [5.41, 5.74) is 2.46. The van der Waals surface area contributed by atoms with Gasteiger partial charge in [-0.2, -0.15) is 0 Å². The minimum Gasteiger partial charge on any atom is -0.493 e. The van der Waals surface area contributed by atoms with Gasteiger partial charge in [0.05, 0.1) is 26.8 Å². The highest BCUT2D eigenvalue weighted by molar-refractivity contribution is 14.0. The van der Waals surface area contributed by atoms with E-state index in [1.165, 1.54) is 11.1 Å². The lowest BCUT2D eigenvalue weighted by molar-refractivity contribution is 0.356. The molecular weight excluding hydrogens is 489 g/mol. The van der Waals surface area contributed by atoms with Gasteiger partial charge in [0.15, 0.2) is 17.5 Å². The van der Waals surface area contributed by atoms with Crippen molar-refractivity contribution in [3.8, 4) is 11.5 Å². The van der Waals surface area contributed by atoms with E-state index in [1.54, 1.807) is 14.2 Å². The molecule has 1 aliphatic rings. The van der Waals surface area contributed by atoms with Gasteiger partial charge >= 0.3 is 0 Å². The van der Waals surface area contributed by atoms with Crippen LogP contribution in [0.5, 0.6) is 11.5 Å². The Morgan fingerprint density at radius 1 is 0.967 bits per heavy atom. The molecule has 30 heavy (non-hydrogen) atoms. The molecule has 1 heterocycles. The molecule has 1 N–H and O–H groups in total. The molecule has 1 saturated heterocycles. The van der Waals surface area contributed by atoms with E-state index in [1.807, 2.05) is 12.1 Å². The van der Waals surface area contributed by atoms with Crippen LogP contribution in [0.4, 0.5) is 0 Å². The molecule has 0 spiro atoms. The first-order valence-corrected chi connectivity index (χ1v) is 9.97. The van der Waals surface area contributed by atoms with Crippen molar-refractivity contribution < 1.29 is 9.47 Å². The quantitative estimate of drug-likeness (QED) is 0.468. The van der Waals surface area contributed by atoms with Gasteiger partial charge < -0.3 is 19.7 Å². The third-order valence-electron chi connectivity index (χ3n) is 5.41. The number of likely N-dealkylation sites (N-methyl/N-ethyl adjacent to an activating group) is 1. The van der Waals surface area contributed by atoms with Crippen molar-refractivity contribution in [3.05, 3.63) is 71.8 Å². The molecule has 1 fully saturated rings. The highest BCUT2D eigenvalue weighted by Gasteiger charge is 2.26. The number of guanidine groups is 1. The molecule has 1 atom stereocenters. The topological polar surface area (TPSA) is 46.1 Å². The highest BCUT2D eigenvalue weighted by atomic mass is 127. The van der Waals surface area contributed by atoms with Crippen LogP contribution >= 0.6 is 24.0 Å². The van der Waals surface area contributed by atoms with E-state index in [0.717, 1.165) is 41.3 Å². The van der Waals surface area contributed by atoms with Gasteiger partial charge in [0.2, 0.25) is 0 Å². The number of benzene rings is 3. The standard InChI is InChI=1S/C24H27N3O2.HI/c1-4-27-16-21(18-8-6-5-7-9-18)26-24(27)25-15-17-10-11-19-13-22(28-2)23(29-3)14-20(19)12-17;/h5-14,21H,4,15-16H2,1-3H3,(H,25,26);1H. The summed E-state index contributed by atoms with van der Waals surface area (Å²) in [5, 5.41) is 5.83. The summed E-state index contributed by atoms with van der Waals surface area (Å²) in [6.45, 7) is 4.67. The van der Waals surface area contributed by atoms with Crippen LogP contribution in [-0.4, -0.2) is 38.2 Å². The zero-order valence-electron chi connectivity index (χ0n) is 17.6. The van der Waals surface area contributed by atoms with Crippen LogP contribution in [0, 0.1) is 0 Å². The lowest BCUT2D eigenvalue weighted by atomic mass is 10.1. The first-order chi connectivity index (χ1) is 14.2. The zero-order chi connectivity index (χ0) is 20.2. The number of rotatable bonds is 6. The lowest BCUT2D eigenvalue weighted by Gasteiger charge is -2.14. The van der Waals surface area contributed by atoms with Crippen molar-refractivity contribution in [1.82, 2.24) is 10.2 Å². The van der Waals surface area contributed by atoms with Gasteiger partial charge in [0, 0.05) is 13.1 Å². The van der Waals surface area contributed by atoms with Crippen LogP contribution in [0.2, 0.25) is 0 Å². The Morgan fingerprint density at radius 2 is 1.67 bits per heavy atom. The molecule has 0 amide bonds. The van der Waals surface area contributed by atoms with Gasteiger partial charge in [-0.1, -0.05) is 42.5 Å². The van der Waals surface area contributed by atoms with Crippen LogP contribution in [0.15, 0.2) is 65.7 Å². The second kappa shape index (κ2) is 10.0. The smallest absolute Gasteiger partial charge is 0.194 e. The van der Waals surface area contributed by atoms with Crippen LogP contribution < -0.4 is 14.8 Å². The minimum absolute atomic E-state index is 0. The molecule has 0 saturated carbocycles. The monoisotopic (exact) mass is 517 g/mol. The molecule has 3 aromatic carbocycles. The van der Waals surface area contributed by atoms with Crippen LogP contribution in [0.25, 0.3) is 10.8 Å². The number of nitrogens with zero attached hydrogens (tertiary/aromatic N) is 2. The van der Waals surface area contributed by atoms with Crippen molar-refractivity contribution >= 4 is 40.7 Å². The Labute approximate surface area is 195 Å². The van der Waals surface area contributed by atoms with Gasteiger partial charge in [-0.15, -0.1) is 24.0 Å². The fraction of sp³-hybridized carbons (Fsp3) is 0.292. The van der Waals surface area contributed by atoms with Crippen molar-refractivity contribution in [3.63, 3.8) is 0 Å². The number of aliphatic imine (C=N–C) groups is 1. The van der Waals surface area contributed by atoms with E-state index >= 15 is 0 Å². The van der Waals surface area contributed by atoms with Crippen LogP contribution in [0.1, 0.15) is 24.1 Å². The molecule has 158 valence electrons. The molecular formula is C24H28IN3O2. The number of fused-ring (bicyclic) bond motifs is 1. The van der Waals surface area contributed by atoms with Crippen molar-refractivity contribution in [2.45, 2.75) is 19.5 Å². The molecule has 3 aromatic rings. The Balaban J connectivity index is 0.00000256. The summed E-state index contributed by atoms with van der Waals surface area (Å²) < 4.78 is 10.8. The Kier molecular flexibility index (Phi) is 7.42. The molecule has 0 aliphatic carbocycles. The van der Waals surface area contributed by atoms with Crippen molar-refractivity contribution in [1.29, 1.82) is 0 Å². The van der Waals surface area contributed by atoms with Crippen LogP contribution in [-0.2, 0) is 6.54 Å². The van der Waals surface area contributed by atoms with E-state index in [2.05, 4.69) is 65.7 Å². The number of hydrogen-bond donors (Lipinski definition) is 1. The van der Waals surface area contributed by atoms with Crippen molar-refractivity contribution in [2.75, 3.05) is 27.3 Å². The fourth-order valence-corrected chi connectivity index (χ4v) is 3.79. The molecule has 6 heteroatoms. The molecule has 0 bridgehead atoms. The maximum absolute atomic E-state index is 5.44. The average molecular weight is 517 g/mol. The summed E-state index contributed by atoms with van der Waals surface area (Å²) in [7, 11) is 3.32. The summed E-state index contributed by atoms with van der Waals surface area (Å²) in [5.74, 6) is 2.45. The second-order valence-corrected chi connectivity index (χ2v) is 7.17. The largest absolute Gasteiger partial charge is 0.493 e. The predicted molar refractivity (Wildman–Crippen MR) is 133 cm³/mol. The van der Waals surface area contributed by atoms with Gasteiger partial charge in [0.1, 0.15) is 0 Å². The predicted octanol–water partition coefficient (Wildman–Crippen LogP) is 5.00. The SMILES string of the molecule is CCN1CC(c2ccccc2)NC1=NCc1ccc2cc(OC)c(OC)cc2c1.I. The lowest BCUT2D eigenvalue weighted by Crippen LogP contribution is -2.30. The maximum Gasteiger partial charge on any atom is 0.194 e. The fourth-order valence-electron chi connectivity index (χ4n) is 3.79. The molecule has 4 rings (SSSR count). The molecule has 1 unspecified atom stereocenters. The number of methoxy groups -OCH3 is 2. The average Bonchev–Trinajstić information content (AvgIpc) is 3.20. The number of ether oxygens (including phenoxy) is 2. The van der Waals surface area contributed by atoms with E-state index in [-0.39, 0.29) is 30.0 Å². The zero-order valence-corrected chi connectivity index (χ0v) is 19.9. The summed E-state index contributed by atoms with van der Waals surface area (Å²) >= 11 is 0. The van der Waals surface area contributed by atoms with E-state index < -0.39 is 0 Å². The maximum atomic E-state index is 5.44. The molecule has 5 nitrogen and oxygen atoms in total. The first kappa shape index (κ1) is 22.2. The third-order valence-corrected chi connectivity index (χ3v) is 5.41. The molecule has 1 aliphatic heterocycles. The second-order valence-electron chi connectivity index (χ2n) is 7.17. The third kappa shape index (κ3) is 4.64. The Hall–Kier alpha value is -2.48. The highest BCUT2D eigenvalue weighted by Crippen LogP contribution is 2.32. The van der Waals surface area contributed by atoms with Gasteiger partial charge in [-0.25, -0.2) is 4.99 Å². The normalized spacial score (nSPS) is 17.0. The van der Waals surface area contributed by atoms with Gasteiger partial charge in [-0.05, 0) is 47.0 Å². The minimum atomic E-state index is 0. The van der Waals surface area contributed by atoms with Crippen molar-refractivity contribution in [2.24, 2.45) is 4.99 Å². The first-order valence-electron chi connectivity index (χ1n) is 9.97. The van der Waals surface area contributed by atoms with E-state index in [4.69, 9.17) is 14.5 Å². The van der Waals surface area contributed by atoms with E-state index in [0.29, 0.717) is 6.54 Å². The number of halogens is 1. The number of hydrogen-bond acceptors (Lipinski definition) is 3. The summed E-state index contributed by atoms with van der Waals surface area (Å²) in [6.07, 6.45) is 0.